The van der Waals surface area contributed by atoms with Gasteiger partial charge < -0.3 is 34.2 Å². The zero-order chi connectivity index (χ0) is 29.8. The monoisotopic (exact) mass is 576 g/mol. The molecule has 222 valence electrons. The van der Waals surface area contributed by atoms with Gasteiger partial charge in [0.15, 0.2) is 23.0 Å². The van der Waals surface area contributed by atoms with Crippen LogP contribution in [0.2, 0.25) is 0 Å². The Morgan fingerprint density at radius 1 is 0.905 bits per heavy atom. The predicted octanol–water partition coefficient (Wildman–Crippen LogP) is 3.86. The minimum atomic E-state index is -0.744. The average Bonchev–Trinajstić information content (AvgIpc) is 3.64. The number of hydrogen-bond donors (Lipinski definition) is 1. The lowest BCUT2D eigenvalue weighted by molar-refractivity contribution is -0.150. The van der Waals surface area contributed by atoms with Gasteiger partial charge in [-0.05, 0) is 66.4 Å². The highest BCUT2D eigenvalue weighted by Gasteiger charge is 2.51. The second kappa shape index (κ2) is 12.6. The summed E-state index contributed by atoms with van der Waals surface area (Å²) in [5, 5.41) is 0. The molecule has 1 saturated heterocycles. The van der Waals surface area contributed by atoms with Crippen molar-refractivity contribution < 1.29 is 38.0 Å². The summed E-state index contributed by atoms with van der Waals surface area (Å²) >= 11 is 0. The molecule has 0 saturated carbocycles. The lowest BCUT2D eigenvalue weighted by Crippen LogP contribution is -2.46. The first kappa shape index (κ1) is 29.1. The van der Waals surface area contributed by atoms with Crippen molar-refractivity contribution in [3.8, 4) is 28.7 Å². The van der Waals surface area contributed by atoms with Gasteiger partial charge in [-0.1, -0.05) is 24.3 Å². The van der Waals surface area contributed by atoms with Crippen LogP contribution >= 0.6 is 0 Å². The lowest BCUT2D eigenvalue weighted by atomic mass is 9.82. The molecular weight excluding hydrogens is 540 g/mol. The molecular formula is C32H36N2O8. The van der Waals surface area contributed by atoms with Crippen molar-refractivity contribution in [3.63, 3.8) is 0 Å². The molecule has 5 rings (SSSR count). The molecule has 0 radical (unpaired) electrons. The van der Waals surface area contributed by atoms with Crippen LogP contribution in [0.5, 0.6) is 28.7 Å². The fourth-order valence-electron chi connectivity index (χ4n) is 6.00. The normalized spacial score (nSPS) is 20.1. The number of primary amides is 1. The summed E-state index contributed by atoms with van der Waals surface area (Å²) in [6.07, 6.45) is 0.297. The van der Waals surface area contributed by atoms with Crippen LogP contribution in [-0.4, -0.2) is 64.1 Å². The fraction of sp³-hybridized carbons (Fsp3) is 0.375. The fourth-order valence-corrected chi connectivity index (χ4v) is 6.00. The van der Waals surface area contributed by atoms with Crippen molar-refractivity contribution in [2.24, 2.45) is 11.7 Å². The molecule has 10 nitrogen and oxygen atoms in total. The van der Waals surface area contributed by atoms with Crippen LogP contribution < -0.4 is 29.4 Å². The van der Waals surface area contributed by atoms with E-state index in [1.165, 1.54) is 0 Å². The second-order valence-corrected chi connectivity index (χ2v) is 10.2. The maximum atomic E-state index is 13.7. The van der Waals surface area contributed by atoms with Crippen LogP contribution in [0.1, 0.15) is 35.6 Å². The Morgan fingerprint density at radius 3 is 2.29 bits per heavy atom. The summed E-state index contributed by atoms with van der Waals surface area (Å²) in [6, 6.07) is 17.5. The van der Waals surface area contributed by atoms with Gasteiger partial charge in [-0.3, -0.25) is 14.5 Å². The molecule has 0 bridgehead atoms. The predicted molar refractivity (Wildman–Crippen MR) is 154 cm³/mol. The van der Waals surface area contributed by atoms with Crippen molar-refractivity contribution in [1.29, 1.82) is 0 Å². The number of nitrogens with zero attached hydrogens (tertiary/aromatic N) is 1. The van der Waals surface area contributed by atoms with E-state index in [2.05, 4.69) is 0 Å². The number of amides is 1. The van der Waals surface area contributed by atoms with Crippen LogP contribution in [-0.2, 0) is 20.7 Å². The van der Waals surface area contributed by atoms with E-state index in [1.807, 2.05) is 59.5 Å². The minimum Gasteiger partial charge on any atom is -0.497 e. The highest BCUT2D eigenvalue weighted by Crippen LogP contribution is 2.49. The van der Waals surface area contributed by atoms with Crippen LogP contribution in [0.15, 0.2) is 60.7 Å². The molecule has 2 aliphatic heterocycles. The maximum Gasteiger partial charge on any atom is 0.311 e. The average molecular weight is 577 g/mol. The van der Waals surface area contributed by atoms with Crippen molar-refractivity contribution >= 4 is 11.9 Å². The number of esters is 1. The first-order chi connectivity index (χ1) is 20.4. The summed E-state index contributed by atoms with van der Waals surface area (Å²) in [5.41, 5.74) is 8.67. The maximum absolute atomic E-state index is 13.7. The van der Waals surface area contributed by atoms with Gasteiger partial charge in [-0.25, -0.2) is 0 Å². The van der Waals surface area contributed by atoms with Gasteiger partial charge in [-0.15, -0.1) is 0 Å². The smallest absolute Gasteiger partial charge is 0.311 e. The Kier molecular flexibility index (Phi) is 8.72. The third kappa shape index (κ3) is 5.67. The Hall–Kier alpha value is -4.44. The molecule has 1 amide bonds. The third-order valence-corrected chi connectivity index (χ3v) is 7.99. The molecule has 2 N–H and O–H groups in total. The molecule has 10 heteroatoms. The SMILES string of the molecule is CCOC(=O)C1C(c2ccc3c(c2)OCO3)CN(C(Cc2ccc(OC)c(OC)c2)C(N)=O)C1c1ccc(OC)cc1. The van der Waals surface area contributed by atoms with Crippen molar-refractivity contribution in [2.75, 3.05) is 41.3 Å². The number of fused-ring (bicyclic) bond motifs is 1. The Labute approximate surface area is 245 Å². The molecule has 3 aromatic carbocycles. The Bertz CT molecular complexity index is 1430. The Balaban J connectivity index is 1.60. The number of rotatable bonds is 11. The zero-order valence-corrected chi connectivity index (χ0v) is 24.2. The van der Waals surface area contributed by atoms with Gasteiger partial charge in [0.1, 0.15) is 5.75 Å². The number of carbonyl (C=O) groups excluding carboxylic acids is 2. The highest BCUT2D eigenvalue weighted by molar-refractivity contribution is 5.81. The molecule has 42 heavy (non-hydrogen) atoms. The first-order valence-corrected chi connectivity index (χ1v) is 13.8. The number of benzene rings is 3. The van der Waals surface area contributed by atoms with Crippen molar-refractivity contribution in [3.05, 3.63) is 77.4 Å². The van der Waals surface area contributed by atoms with Gasteiger partial charge >= 0.3 is 5.97 Å². The van der Waals surface area contributed by atoms with E-state index in [9.17, 15) is 9.59 Å². The van der Waals surface area contributed by atoms with E-state index in [0.717, 1.165) is 16.7 Å². The largest absolute Gasteiger partial charge is 0.497 e. The second-order valence-electron chi connectivity index (χ2n) is 10.2. The molecule has 0 aromatic heterocycles. The van der Waals surface area contributed by atoms with Gasteiger partial charge in [0.25, 0.3) is 0 Å². The molecule has 2 heterocycles. The van der Waals surface area contributed by atoms with Crippen LogP contribution in [0.4, 0.5) is 0 Å². The summed E-state index contributed by atoms with van der Waals surface area (Å²) in [4.78, 5) is 29.0. The number of hydrogen-bond acceptors (Lipinski definition) is 9. The molecule has 3 aromatic rings. The summed E-state index contributed by atoms with van der Waals surface area (Å²) in [6.45, 7) is 2.52. The first-order valence-electron chi connectivity index (χ1n) is 13.8. The summed E-state index contributed by atoms with van der Waals surface area (Å²) < 4.78 is 33.1. The molecule has 1 fully saturated rings. The lowest BCUT2D eigenvalue weighted by Gasteiger charge is -2.33. The van der Waals surface area contributed by atoms with E-state index in [-0.39, 0.29) is 25.3 Å². The van der Waals surface area contributed by atoms with E-state index in [1.54, 1.807) is 34.3 Å². The van der Waals surface area contributed by atoms with E-state index in [4.69, 9.17) is 34.2 Å². The number of nitrogens with two attached hydrogens (primary N) is 1. The van der Waals surface area contributed by atoms with Crippen LogP contribution in [0.3, 0.4) is 0 Å². The molecule has 0 spiro atoms. The summed E-state index contributed by atoms with van der Waals surface area (Å²) in [7, 11) is 4.73. The quantitative estimate of drug-likeness (QED) is 0.340. The van der Waals surface area contributed by atoms with Crippen molar-refractivity contribution in [2.45, 2.75) is 31.3 Å². The molecule has 0 aliphatic carbocycles. The highest BCUT2D eigenvalue weighted by atomic mass is 16.7. The van der Waals surface area contributed by atoms with Gasteiger partial charge in [0.2, 0.25) is 12.7 Å². The number of likely N-dealkylation sites (tertiary alicyclic amines) is 1. The van der Waals surface area contributed by atoms with E-state index < -0.39 is 23.9 Å². The van der Waals surface area contributed by atoms with Crippen molar-refractivity contribution in [1.82, 2.24) is 4.90 Å². The van der Waals surface area contributed by atoms with Crippen LogP contribution in [0, 0.1) is 5.92 Å². The minimum absolute atomic E-state index is 0.139. The standard InChI is InChI=1S/C32H36N2O8/c1-5-40-32(36)29-23(21-9-13-26-28(16-21)42-18-41-26)17-34(30(29)20-7-10-22(37-2)11-8-20)24(31(33)35)14-19-6-12-25(38-3)27(15-19)39-4/h6-13,15-16,23-24,29-30H,5,14,17-18H2,1-4H3,(H2,33,35). The number of ether oxygens (including phenoxy) is 6. The van der Waals surface area contributed by atoms with Gasteiger partial charge in [0.05, 0.1) is 39.9 Å². The molecule has 4 unspecified atom stereocenters. The zero-order valence-electron chi connectivity index (χ0n) is 24.2. The van der Waals surface area contributed by atoms with E-state index in [0.29, 0.717) is 41.7 Å². The van der Waals surface area contributed by atoms with Crippen LogP contribution in [0.25, 0.3) is 0 Å². The number of methoxy groups -OCH3 is 3. The van der Waals surface area contributed by atoms with E-state index >= 15 is 0 Å². The summed E-state index contributed by atoms with van der Waals surface area (Å²) in [5.74, 6) is 1.27. The van der Waals surface area contributed by atoms with Gasteiger partial charge in [0, 0.05) is 18.5 Å². The topological polar surface area (TPSA) is 119 Å². The molecule has 4 atom stereocenters. The Morgan fingerprint density at radius 2 is 1.62 bits per heavy atom. The molecule has 2 aliphatic rings. The third-order valence-electron chi connectivity index (χ3n) is 7.99. The number of carbonyl (C=O) groups is 2. The van der Waals surface area contributed by atoms with Gasteiger partial charge in [-0.2, -0.15) is 0 Å².